The van der Waals surface area contributed by atoms with E-state index < -0.39 is 0 Å². The summed E-state index contributed by atoms with van der Waals surface area (Å²) in [5.41, 5.74) is 0.431. The molecule has 0 aliphatic heterocycles. The van der Waals surface area contributed by atoms with Crippen LogP contribution in [0.4, 0.5) is 10.1 Å². The van der Waals surface area contributed by atoms with Crippen molar-refractivity contribution in [2.75, 3.05) is 5.32 Å². The lowest BCUT2D eigenvalue weighted by Crippen LogP contribution is -2.04. The average molecular weight is 169 g/mol. The topological polar surface area (TPSA) is 12.0 Å². The predicted molar refractivity (Wildman–Crippen MR) is 48.3 cm³/mol. The van der Waals surface area contributed by atoms with Gasteiger partial charge in [0.15, 0.2) is 0 Å². The van der Waals surface area contributed by atoms with Gasteiger partial charge in [0.25, 0.3) is 0 Å². The van der Waals surface area contributed by atoms with E-state index in [2.05, 4.69) is 5.32 Å². The summed E-state index contributed by atoms with van der Waals surface area (Å²) in [6.45, 7) is 1.71. The van der Waals surface area contributed by atoms with Gasteiger partial charge in [-0.05, 0) is 19.1 Å². The second-order valence-corrected chi connectivity index (χ2v) is 2.77. The molecule has 0 unspecified atom stereocenters. The Morgan fingerprint density at radius 3 is 2.64 bits per heavy atom. The van der Waals surface area contributed by atoms with E-state index in [1.165, 1.54) is 6.07 Å². The molecule has 1 aromatic rings. The highest BCUT2D eigenvalue weighted by Gasteiger charge is 1.97. The molecule has 0 aromatic heterocycles. The molecule has 1 nitrogen and oxygen atoms in total. The normalized spacial score (nSPS) is 9.27. The predicted octanol–water partition coefficient (Wildman–Crippen LogP) is 2.58. The Hall–Kier alpha value is -0.960. The van der Waals surface area contributed by atoms with Crippen LogP contribution in [-0.4, -0.2) is 4.99 Å². The molecule has 0 amide bonds. The SMILES string of the molecule is CC(=S)Nc1ccccc1F. The summed E-state index contributed by atoms with van der Waals surface area (Å²) in [5, 5.41) is 2.73. The van der Waals surface area contributed by atoms with Gasteiger partial charge in [-0.2, -0.15) is 0 Å². The summed E-state index contributed by atoms with van der Waals surface area (Å²) in [6, 6.07) is 6.43. The van der Waals surface area contributed by atoms with Crippen molar-refractivity contribution in [3.8, 4) is 0 Å². The van der Waals surface area contributed by atoms with Crippen LogP contribution in [-0.2, 0) is 0 Å². The van der Waals surface area contributed by atoms with Crippen molar-refractivity contribution in [1.29, 1.82) is 0 Å². The van der Waals surface area contributed by atoms with E-state index in [9.17, 15) is 4.39 Å². The molecule has 1 rings (SSSR count). The summed E-state index contributed by atoms with van der Waals surface area (Å²) in [5.74, 6) is -0.281. The van der Waals surface area contributed by atoms with Gasteiger partial charge >= 0.3 is 0 Å². The van der Waals surface area contributed by atoms with Crippen molar-refractivity contribution in [2.24, 2.45) is 0 Å². The summed E-state index contributed by atoms with van der Waals surface area (Å²) < 4.78 is 12.8. The highest BCUT2D eigenvalue weighted by Crippen LogP contribution is 2.11. The summed E-state index contributed by atoms with van der Waals surface area (Å²) in [7, 11) is 0. The van der Waals surface area contributed by atoms with E-state index >= 15 is 0 Å². The van der Waals surface area contributed by atoms with E-state index in [-0.39, 0.29) is 5.82 Å². The van der Waals surface area contributed by atoms with Crippen LogP contribution in [0.25, 0.3) is 0 Å². The minimum atomic E-state index is -0.281. The van der Waals surface area contributed by atoms with Gasteiger partial charge in [0, 0.05) is 0 Å². The first-order valence-electron chi connectivity index (χ1n) is 3.22. The van der Waals surface area contributed by atoms with Crippen molar-refractivity contribution in [1.82, 2.24) is 0 Å². The van der Waals surface area contributed by atoms with E-state index in [1.807, 2.05) is 0 Å². The zero-order valence-corrected chi connectivity index (χ0v) is 6.91. The Kier molecular flexibility index (Phi) is 2.54. The van der Waals surface area contributed by atoms with Crippen LogP contribution >= 0.6 is 12.2 Å². The average Bonchev–Trinajstić information content (AvgIpc) is 1.93. The molecule has 0 spiro atoms. The number of anilines is 1. The molecule has 0 aliphatic carbocycles. The number of para-hydroxylation sites is 1. The molecule has 0 bridgehead atoms. The summed E-state index contributed by atoms with van der Waals surface area (Å²) >= 11 is 4.76. The monoisotopic (exact) mass is 169 g/mol. The Balaban J connectivity index is 2.86. The summed E-state index contributed by atoms with van der Waals surface area (Å²) in [6.07, 6.45) is 0. The van der Waals surface area contributed by atoms with Gasteiger partial charge in [0.05, 0.1) is 10.7 Å². The van der Waals surface area contributed by atoms with Crippen LogP contribution < -0.4 is 5.32 Å². The molecule has 0 saturated heterocycles. The molecule has 0 heterocycles. The lowest BCUT2D eigenvalue weighted by Gasteiger charge is -2.03. The zero-order chi connectivity index (χ0) is 8.27. The maximum Gasteiger partial charge on any atom is 0.146 e. The molecule has 1 N–H and O–H groups in total. The molecule has 0 atom stereocenters. The number of halogens is 1. The smallest absolute Gasteiger partial charge is 0.146 e. The van der Waals surface area contributed by atoms with Crippen LogP contribution in [0.5, 0.6) is 0 Å². The Bertz CT molecular complexity index is 273. The molecule has 1 aromatic carbocycles. The number of thiocarbonyl (C=S) groups is 1. The fourth-order valence-electron chi connectivity index (χ4n) is 0.752. The maximum atomic E-state index is 12.8. The number of rotatable bonds is 1. The van der Waals surface area contributed by atoms with Crippen LogP contribution in [0.3, 0.4) is 0 Å². The largest absolute Gasteiger partial charge is 0.348 e. The van der Waals surface area contributed by atoms with Gasteiger partial charge in [-0.25, -0.2) is 4.39 Å². The molecule has 0 fully saturated rings. The van der Waals surface area contributed by atoms with Crippen molar-refractivity contribution >= 4 is 22.9 Å². The Morgan fingerprint density at radius 2 is 2.09 bits per heavy atom. The van der Waals surface area contributed by atoms with Crippen LogP contribution in [0.15, 0.2) is 24.3 Å². The first-order valence-corrected chi connectivity index (χ1v) is 3.63. The lowest BCUT2D eigenvalue weighted by molar-refractivity contribution is 0.632. The lowest BCUT2D eigenvalue weighted by atomic mass is 10.3. The quantitative estimate of drug-likeness (QED) is 0.648. The zero-order valence-electron chi connectivity index (χ0n) is 6.10. The van der Waals surface area contributed by atoms with Crippen molar-refractivity contribution in [3.63, 3.8) is 0 Å². The third-order valence-electron chi connectivity index (χ3n) is 1.18. The van der Waals surface area contributed by atoms with Crippen molar-refractivity contribution in [3.05, 3.63) is 30.1 Å². The number of benzene rings is 1. The first-order chi connectivity index (χ1) is 5.20. The second-order valence-electron chi connectivity index (χ2n) is 2.16. The van der Waals surface area contributed by atoms with Gasteiger partial charge in [-0.1, -0.05) is 24.4 Å². The van der Waals surface area contributed by atoms with Gasteiger partial charge in [0.1, 0.15) is 5.82 Å². The molecule has 0 radical (unpaired) electrons. The Labute approximate surface area is 70.2 Å². The van der Waals surface area contributed by atoms with Crippen molar-refractivity contribution < 1.29 is 4.39 Å². The van der Waals surface area contributed by atoms with Crippen LogP contribution in [0, 0.1) is 5.82 Å². The van der Waals surface area contributed by atoms with Gasteiger partial charge in [-0.15, -0.1) is 0 Å². The van der Waals surface area contributed by atoms with Gasteiger partial charge in [-0.3, -0.25) is 0 Å². The second kappa shape index (κ2) is 3.44. The molecule has 11 heavy (non-hydrogen) atoms. The number of nitrogens with one attached hydrogen (secondary N) is 1. The minimum Gasteiger partial charge on any atom is -0.348 e. The Morgan fingerprint density at radius 1 is 1.45 bits per heavy atom. The van der Waals surface area contributed by atoms with Crippen LogP contribution in [0.2, 0.25) is 0 Å². The maximum absolute atomic E-state index is 12.8. The van der Waals surface area contributed by atoms with E-state index in [0.717, 1.165) is 0 Å². The fourth-order valence-corrected chi connectivity index (χ4v) is 0.862. The molecule has 3 heteroatoms. The summed E-state index contributed by atoms with van der Waals surface area (Å²) in [4.78, 5) is 0.565. The van der Waals surface area contributed by atoms with E-state index in [0.29, 0.717) is 10.7 Å². The van der Waals surface area contributed by atoms with E-state index in [4.69, 9.17) is 12.2 Å². The van der Waals surface area contributed by atoms with Gasteiger partial charge < -0.3 is 5.32 Å². The fraction of sp³-hybridized carbons (Fsp3) is 0.125. The standard InChI is InChI=1S/C8H8FNS/c1-6(11)10-8-5-3-2-4-7(8)9/h2-5H,1H3,(H,10,11). The van der Waals surface area contributed by atoms with Gasteiger partial charge in [0.2, 0.25) is 0 Å². The molecule has 0 aliphatic rings. The third kappa shape index (κ3) is 2.27. The number of hydrogen-bond acceptors (Lipinski definition) is 1. The third-order valence-corrected chi connectivity index (χ3v) is 1.29. The van der Waals surface area contributed by atoms with E-state index in [1.54, 1.807) is 25.1 Å². The highest BCUT2D eigenvalue weighted by atomic mass is 32.1. The number of hydrogen-bond donors (Lipinski definition) is 1. The highest BCUT2D eigenvalue weighted by molar-refractivity contribution is 7.80. The first kappa shape index (κ1) is 8.14. The molecular formula is C8H8FNS. The molecule has 58 valence electrons. The molecule has 0 saturated carbocycles. The minimum absolute atomic E-state index is 0.281. The van der Waals surface area contributed by atoms with Crippen LogP contribution in [0.1, 0.15) is 6.92 Å². The van der Waals surface area contributed by atoms with Crippen molar-refractivity contribution in [2.45, 2.75) is 6.92 Å². The molecular weight excluding hydrogens is 161 g/mol.